The summed E-state index contributed by atoms with van der Waals surface area (Å²) in [5.41, 5.74) is 3.52. The smallest absolute Gasteiger partial charge is 0.338 e. The lowest BCUT2D eigenvalue weighted by Gasteiger charge is -2.23. The molecular weight excluding hydrogens is 388 g/mol. The molecule has 31 heavy (non-hydrogen) atoms. The Morgan fingerprint density at radius 3 is 2.10 bits per heavy atom. The van der Waals surface area contributed by atoms with E-state index in [-0.39, 0.29) is 12.5 Å². The summed E-state index contributed by atoms with van der Waals surface area (Å²) >= 11 is 0. The minimum absolute atomic E-state index is 0.211. The average Bonchev–Trinajstić information content (AvgIpc) is 2.81. The molecule has 0 aliphatic rings. The van der Waals surface area contributed by atoms with Gasteiger partial charge in [-0.3, -0.25) is 4.79 Å². The van der Waals surface area contributed by atoms with Crippen LogP contribution in [0.2, 0.25) is 0 Å². The summed E-state index contributed by atoms with van der Waals surface area (Å²) in [4.78, 5) is 29.0. The van der Waals surface area contributed by atoms with E-state index in [0.29, 0.717) is 18.7 Å². The zero-order valence-corrected chi connectivity index (χ0v) is 18.0. The number of anilines is 1. The van der Waals surface area contributed by atoms with Crippen LogP contribution in [0.4, 0.5) is 5.69 Å². The van der Waals surface area contributed by atoms with E-state index in [1.54, 1.807) is 23.1 Å². The standard InChI is InChI=1S/C26H28N2O3/c1-27(2)24-15-9-14-23(18-24)26(30)31-20-25(29)28(19-22-12-7-4-8-13-22)17-16-21-10-5-3-6-11-21/h3-15,18H,16-17,19-20H2,1-2H3. The van der Waals surface area contributed by atoms with Gasteiger partial charge in [-0.25, -0.2) is 4.79 Å². The van der Waals surface area contributed by atoms with Crippen molar-refractivity contribution < 1.29 is 14.3 Å². The summed E-state index contributed by atoms with van der Waals surface area (Å²) in [5, 5.41) is 0. The van der Waals surface area contributed by atoms with Gasteiger partial charge in [-0.2, -0.15) is 0 Å². The van der Waals surface area contributed by atoms with Crippen LogP contribution in [0.1, 0.15) is 21.5 Å². The third-order valence-corrected chi connectivity index (χ3v) is 5.01. The first-order chi connectivity index (χ1) is 15.0. The van der Waals surface area contributed by atoms with E-state index in [4.69, 9.17) is 4.74 Å². The fourth-order valence-corrected chi connectivity index (χ4v) is 3.22. The van der Waals surface area contributed by atoms with Crippen molar-refractivity contribution in [3.05, 3.63) is 102 Å². The number of benzene rings is 3. The van der Waals surface area contributed by atoms with Crippen LogP contribution >= 0.6 is 0 Å². The number of esters is 1. The number of rotatable bonds is 9. The fourth-order valence-electron chi connectivity index (χ4n) is 3.22. The van der Waals surface area contributed by atoms with Crippen molar-refractivity contribution in [2.75, 3.05) is 32.1 Å². The number of carbonyl (C=O) groups is 2. The molecule has 0 aliphatic carbocycles. The molecule has 0 unspecified atom stereocenters. The fraction of sp³-hybridized carbons (Fsp3) is 0.231. The molecule has 0 fully saturated rings. The summed E-state index contributed by atoms with van der Waals surface area (Å²) in [6.45, 7) is 0.734. The molecule has 0 spiro atoms. The second kappa shape index (κ2) is 11.0. The first-order valence-corrected chi connectivity index (χ1v) is 10.3. The van der Waals surface area contributed by atoms with Crippen molar-refractivity contribution in [3.8, 4) is 0 Å². The van der Waals surface area contributed by atoms with Gasteiger partial charge in [0.25, 0.3) is 5.91 Å². The Hall–Kier alpha value is -3.60. The lowest BCUT2D eigenvalue weighted by atomic mass is 10.1. The third-order valence-electron chi connectivity index (χ3n) is 5.01. The molecule has 0 heterocycles. The molecule has 5 nitrogen and oxygen atoms in total. The molecule has 0 aliphatic heterocycles. The van der Waals surface area contributed by atoms with Crippen LogP contribution in [0.5, 0.6) is 0 Å². The first-order valence-electron chi connectivity index (χ1n) is 10.3. The highest BCUT2D eigenvalue weighted by atomic mass is 16.5. The van der Waals surface area contributed by atoms with E-state index in [9.17, 15) is 9.59 Å². The SMILES string of the molecule is CN(C)c1cccc(C(=O)OCC(=O)N(CCc2ccccc2)Cc2ccccc2)c1. The van der Waals surface area contributed by atoms with Gasteiger partial charge < -0.3 is 14.5 Å². The molecular formula is C26H28N2O3. The van der Waals surface area contributed by atoms with E-state index >= 15 is 0 Å². The lowest BCUT2D eigenvalue weighted by Crippen LogP contribution is -2.35. The van der Waals surface area contributed by atoms with Crippen molar-refractivity contribution in [1.82, 2.24) is 4.90 Å². The second-order valence-corrected chi connectivity index (χ2v) is 7.56. The molecule has 0 radical (unpaired) electrons. The van der Waals surface area contributed by atoms with Crippen molar-refractivity contribution in [3.63, 3.8) is 0 Å². The van der Waals surface area contributed by atoms with Crippen molar-refractivity contribution in [2.45, 2.75) is 13.0 Å². The zero-order chi connectivity index (χ0) is 22.1. The van der Waals surface area contributed by atoms with Gasteiger partial charge in [-0.15, -0.1) is 0 Å². The molecule has 0 saturated heterocycles. The van der Waals surface area contributed by atoms with Crippen LogP contribution in [0.3, 0.4) is 0 Å². The maximum absolute atomic E-state index is 12.9. The second-order valence-electron chi connectivity index (χ2n) is 7.56. The van der Waals surface area contributed by atoms with Gasteiger partial charge in [0.1, 0.15) is 0 Å². The van der Waals surface area contributed by atoms with E-state index < -0.39 is 5.97 Å². The predicted molar refractivity (Wildman–Crippen MR) is 123 cm³/mol. The Labute approximate surface area is 183 Å². The summed E-state index contributed by atoms with van der Waals surface area (Å²) < 4.78 is 5.35. The molecule has 0 N–H and O–H groups in total. The average molecular weight is 417 g/mol. The number of amides is 1. The van der Waals surface area contributed by atoms with Gasteiger partial charge in [0.15, 0.2) is 6.61 Å². The van der Waals surface area contributed by atoms with Gasteiger partial charge in [-0.1, -0.05) is 66.7 Å². The number of hydrogen-bond donors (Lipinski definition) is 0. The highest BCUT2D eigenvalue weighted by Crippen LogP contribution is 2.14. The number of carbonyl (C=O) groups excluding carboxylic acids is 2. The van der Waals surface area contributed by atoms with Crippen molar-refractivity contribution in [1.29, 1.82) is 0 Å². The molecule has 1 amide bonds. The predicted octanol–water partition coefficient (Wildman–Crippen LogP) is 4.18. The van der Waals surface area contributed by atoms with Crippen LogP contribution in [0.15, 0.2) is 84.9 Å². The van der Waals surface area contributed by atoms with Gasteiger partial charge in [0.05, 0.1) is 5.56 Å². The van der Waals surface area contributed by atoms with Crippen LogP contribution in [-0.4, -0.2) is 44.0 Å². The monoisotopic (exact) mass is 416 g/mol. The van der Waals surface area contributed by atoms with Crippen LogP contribution in [0, 0.1) is 0 Å². The molecule has 0 saturated carbocycles. The zero-order valence-electron chi connectivity index (χ0n) is 18.0. The molecule has 5 heteroatoms. The maximum Gasteiger partial charge on any atom is 0.338 e. The van der Waals surface area contributed by atoms with Crippen molar-refractivity contribution in [2.24, 2.45) is 0 Å². The summed E-state index contributed by atoms with van der Waals surface area (Å²) in [7, 11) is 3.81. The number of nitrogens with zero attached hydrogens (tertiary/aromatic N) is 2. The Morgan fingerprint density at radius 2 is 1.45 bits per heavy atom. The van der Waals surface area contributed by atoms with Gasteiger partial charge in [0.2, 0.25) is 0 Å². The minimum atomic E-state index is -0.500. The maximum atomic E-state index is 12.9. The topological polar surface area (TPSA) is 49.9 Å². The Balaban J connectivity index is 1.64. The van der Waals surface area contributed by atoms with Gasteiger partial charge in [0, 0.05) is 32.9 Å². The Kier molecular flexibility index (Phi) is 7.82. The summed E-state index contributed by atoms with van der Waals surface area (Å²) in [6, 6.07) is 27.0. The Morgan fingerprint density at radius 1 is 0.806 bits per heavy atom. The molecule has 3 aromatic carbocycles. The molecule has 3 aromatic rings. The first kappa shape index (κ1) is 22.1. The summed E-state index contributed by atoms with van der Waals surface area (Å²) in [5.74, 6) is -0.711. The van der Waals surface area contributed by atoms with E-state index in [0.717, 1.165) is 23.2 Å². The minimum Gasteiger partial charge on any atom is -0.452 e. The normalized spacial score (nSPS) is 10.4. The third kappa shape index (κ3) is 6.71. The largest absolute Gasteiger partial charge is 0.452 e. The lowest BCUT2D eigenvalue weighted by molar-refractivity contribution is -0.135. The van der Waals surface area contributed by atoms with Gasteiger partial charge in [-0.05, 0) is 35.7 Å². The van der Waals surface area contributed by atoms with Crippen LogP contribution in [0.25, 0.3) is 0 Å². The van der Waals surface area contributed by atoms with E-state index in [1.165, 1.54) is 0 Å². The quantitative estimate of drug-likeness (QED) is 0.491. The molecule has 0 aromatic heterocycles. The van der Waals surface area contributed by atoms with Crippen LogP contribution in [-0.2, 0) is 22.5 Å². The Bertz CT molecular complexity index is 988. The highest BCUT2D eigenvalue weighted by Gasteiger charge is 2.17. The molecule has 160 valence electrons. The number of hydrogen-bond acceptors (Lipinski definition) is 4. The van der Waals surface area contributed by atoms with E-state index in [2.05, 4.69) is 0 Å². The van der Waals surface area contributed by atoms with Crippen molar-refractivity contribution >= 4 is 17.6 Å². The van der Waals surface area contributed by atoms with Gasteiger partial charge >= 0.3 is 5.97 Å². The molecule has 3 rings (SSSR count). The highest BCUT2D eigenvalue weighted by molar-refractivity contribution is 5.92. The summed E-state index contributed by atoms with van der Waals surface area (Å²) in [6.07, 6.45) is 0.734. The molecule has 0 bridgehead atoms. The van der Waals surface area contributed by atoms with Crippen LogP contribution < -0.4 is 4.90 Å². The number of ether oxygens (including phenoxy) is 1. The van der Waals surface area contributed by atoms with E-state index in [1.807, 2.05) is 85.7 Å². The molecule has 0 atom stereocenters.